The van der Waals surface area contributed by atoms with E-state index in [1.807, 2.05) is 80.3 Å². The molecule has 0 aliphatic rings. The molecule has 0 saturated carbocycles. The molecule has 0 spiro atoms. The van der Waals surface area contributed by atoms with Crippen LogP contribution in [0.4, 0.5) is 10.2 Å². The summed E-state index contributed by atoms with van der Waals surface area (Å²) < 4.78 is 32.5. The van der Waals surface area contributed by atoms with Crippen LogP contribution in [0, 0.1) is 5.95 Å². The normalized spacial score (nSPS) is 13.8. The third-order valence-corrected chi connectivity index (χ3v) is 7.61. The van der Waals surface area contributed by atoms with Gasteiger partial charge in [-0.25, -0.2) is 4.98 Å². The molecule has 0 aliphatic heterocycles. The quantitative estimate of drug-likeness (QED) is 0.138. The molecule has 238 valence electrons. The molecule has 2 aromatic heterocycles. The number of anilines is 1. The second-order valence-electron chi connectivity index (χ2n) is 10.1. The van der Waals surface area contributed by atoms with Crippen LogP contribution in [0.1, 0.15) is 106 Å². The van der Waals surface area contributed by atoms with E-state index < -0.39 is 21.5 Å². The van der Waals surface area contributed by atoms with Crippen molar-refractivity contribution in [3.8, 4) is 0 Å². The van der Waals surface area contributed by atoms with Crippen molar-refractivity contribution in [2.75, 3.05) is 19.0 Å². The van der Waals surface area contributed by atoms with Crippen molar-refractivity contribution in [3.05, 3.63) is 69.5 Å². The van der Waals surface area contributed by atoms with Gasteiger partial charge >= 0.3 is 0 Å². The Balaban J connectivity index is 0.00000402. The van der Waals surface area contributed by atoms with Crippen molar-refractivity contribution in [2.24, 2.45) is 4.99 Å². The molecule has 3 atom stereocenters. The predicted octanol–water partition coefficient (Wildman–Crippen LogP) is 7.58. The van der Waals surface area contributed by atoms with Crippen molar-refractivity contribution in [1.82, 2.24) is 14.9 Å². The maximum Gasteiger partial charge on any atom is 0.248 e. The number of aliphatic imine (C=N–C) groups is 1. The van der Waals surface area contributed by atoms with E-state index in [1.165, 1.54) is 12.1 Å². The van der Waals surface area contributed by atoms with E-state index in [9.17, 15) is 13.4 Å². The first-order chi connectivity index (χ1) is 19.9. The van der Waals surface area contributed by atoms with Crippen molar-refractivity contribution >= 4 is 22.5 Å². The van der Waals surface area contributed by atoms with Crippen LogP contribution in [0.25, 0.3) is 0 Å². The number of halogens is 1. The SMILES string of the molecule is CC.CC.CCN=C(CCCC(C)OC)N(/C=C/S(=O)C(C)(C)C)C(C)c1cc(F)nc(NCc2cc[nH]c(=O)c2)c1. The Bertz CT molecular complexity index is 1180. The highest BCUT2D eigenvalue weighted by Gasteiger charge is 2.22. The second-order valence-corrected chi connectivity index (χ2v) is 12.2. The third-order valence-electron chi connectivity index (χ3n) is 6.03. The van der Waals surface area contributed by atoms with Gasteiger partial charge in [0, 0.05) is 55.2 Å². The number of nitrogens with one attached hydrogen (secondary N) is 2. The minimum absolute atomic E-state index is 0.135. The average molecular weight is 608 g/mol. The predicted molar refractivity (Wildman–Crippen MR) is 177 cm³/mol. The van der Waals surface area contributed by atoms with E-state index >= 15 is 0 Å². The zero-order valence-electron chi connectivity index (χ0n) is 27.6. The molecular formula is C32H54FN5O3S. The van der Waals surface area contributed by atoms with Crippen molar-refractivity contribution < 1.29 is 13.3 Å². The smallest absolute Gasteiger partial charge is 0.248 e. The number of methoxy groups -OCH3 is 1. The topological polar surface area (TPSA) is 99.7 Å². The minimum Gasteiger partial charge on any atom is -0.382 e. The van der Waals surface area contributed by atoms with Crippen molar-refractivity contribution in [3.63, 3.8) is 0 Å². The van der Waals surface area contributed by atoms with Gasteiger partial charge in [0.05, 0.1) is 22.9 Å². The lowest BCUT2D eigenvalue weighted by atomic mass is 10.1. The lowest BCUT2D eigenvalue weighted by Crippen LogP contribution is -2.30. The first-order valence-corrected chi connectivity index (χ1v) is 16.2. The maximum absolute atomic E-state index is 14.7. The summed E-state index contributed by atoms with van der Waals surface area (Å²) in [6.07, 6.45) is 5.94. The fourth-order valence-corrected chi connectivity index (χ4v) is 4.35. The lowest BCUT2D eigenvalue weighted by Gasteiger charge is -2.30. The van der Waals surface area contributed by atoms with E-state index in [1.54, 1.807) is 30.8 Å². The summed E-state index contributed by atoms with van der Waals surface area (Å²) in [5, 5.41) is 4.79. The van der Waals surface area contributed by atoms with Crippen LogP contribution in [0.3, 0.4) is 0 Å². The number of pyridine rings is 2. The van der Waals surface area contributed by atoms with Gasteiger partial charge in [-0.2, -0.15) is 4.39 Å². The minimum atomic E-state index is -1.22. The molecule has 0 fully saturated rings. The highest BCUT2D eigenvalue weighted by atomic mass is 32.2. The standard InChI is InChI=1S/C28H42FN5O3S.2C2H6/c1-8-30-26(11-9-10-20(2)37-7)34(14-15-38(36)28(4,5)6)21(3)23-17-24(29)33-25(18-23)32-19-22-12-13-31-27(35)16-22;2*1-2/h12-18,20-21H,8-11,19H2,1-7H3,(H,31,35)(H,32,33);2*1-2H3/b15-14+,30-26?;;. The van der Waals surface area contributed by atoms with Crippen molar-refractivity contribution in [2.45, 2.75) is 112 Å². The zero-order chi connectivity index (χ0) is 32.3. The number of nitrogens with zero attached hydrogens (tertiary/aromatic N) is 3. The van der Waals surface area contributed by atoms with E-state index in [-0.39, 0.29) is 17.7 Å². The van der Waals surface area contributed by atoms with Crippen LogP contribution >= 0.6 is 0 Å². The highest BCUT2D eigenvalue weighted by molar-refractivity contribution is 7.89. The van der Waals surface area contributed by atoms with Crippen LogP contribution < -0.4 is 10.9 Å². The van der Waals surface area contributed by atoms with Crippen molar-refractivity contribution in [1.29, 1.82) is 0 Å². The first-order valence-electron chi connectivity index (χ1n) is 15.0. The van der Waals surface area contributed by atoms with Gasteiger partial charge in [0.15, 0.2) is 0 Å². The average Bonchev–Trinajstić information content (AvgIpc) is 2.97. The summed E-state index contributed by atoms with van der Waals surface area (Å²) in [5.74, 6) is 0.575. The second kappa shape index (κ2) is 20.9. The Morgan fingerprint density at radius 3 is 2.45 bits per heavy atom. The van der Waals surface area contributed by atoms with Gasteiger partial charge in [0.25, 0.3) is 0 Å². The van der Waals surface area contributed by atoms with Gasteiger partial charge < -0.3 is 19.9 Å². The van der Waals surface area contributed by atoms with E-state index in [0.29, 0.717) is 30.9 Å². The number of aromatic amines is 1. The van der Waals surface area contributed by atoms with Crippen LogP contribution in [0.15, 0.2) is 51.9 Å². The van der Waals surface area contributed by atoms with Gasteiger partial charge in [-0.15, -0.1) is 0 Å². The fraction of sp³-hybridized carbons (Fsp3) is 0.594. The summed E-state index contributed by atoms with van der Waals surface area (Å²) in [7, 11) is 0.474. The maximum atomic E-state index is 14.7. The number of ether oxygens (including phenoxy) is 1. The van der Waals surface area contributed by atoms with Gasteiger partial charge in [-0.1, -0.05) is 27.7 Å². The summed E-state index contributed by atoms with van der Waals surface area (Å²) >= 11 is 0. The summed E-state index contributed by atoms with van der Waals surface area (Å²) in [5.41, 5.74) is 1.24. The lowest BCUT2D eigenvalue weighted by molar-refractivity contribution is 0.109. The molecule has 0 aromatic carbocycles. The molecule has 0 aliphatic carbocycles. The summed E-state index contributed by atoms with van der Waals surface area (Å²) in [6.45, 7) is 20.6. The highest BCUT2D eigenvalue weighted by Crippen LogP contribution is 2.26. The van der Waals surface area contributed by atoms with Gasteiger partial charge in [-0.3, -0.25) is 14.0 Å². The molecule has 10 heteroatoms. The molecular weight excluding hydrogens is 553 g/mol. The van der Waals surface area contributed by atoms with E-state index in [0.717, 1.165) is 24.2 Å². The van der Waals surface area contributed by atoms with Gasteiger partial charge in [0.1, 0.15) is 11.7 Å². The third kappa shape index (κ3) is 14.4. The van der Waals surface area contributed by atoms with E-state index in [2.05, 4.69) is 15.3 Å². The molecule has 2 rings (SSSR count). The van der Waals surface area contributed by atoms with Crippen LogP contribution in [0.5, 0.6) is 0 Å². The number of aromatic nitrogens is 2. The van der Waals surface area contributed by atoms with Crippen LogP contribution in [-0.2, 0) is 22.1 Å². The number of amidine groups is 1. The molecule has 0 bridgehead atoms. The first kappa shape index (κ1) is 39.1. The molecule has 42 heavy (non-hydrogen) atoms. The number of rotatable bonds is 13. The van der Waals surface area contributed by atoms with Gasteiger partial charge in [0.2, 0.25) is 11.5 Å². The molecule has 8 nitrogen and oxygen atoms in total. The molecule has 2 aromatic rings. The number of hydrogen-bond donors (Lipinski definition) is 2. The molecule has 2 N–H and O–H groups in total. The Morgan fingerprint density at radius 1 is 1.21 bits per heavy atom. The number of hydrogen-bond acceptors (Lipinski definition) is 6. The molecule has 0 amide bonds. The molecule has 2 heterocycles. The number of H-pyrrole nitrogens is 1. The summed E-state index contributed by atoms with van der Waals surface area (Å²) in [4.78, 5) is 24.9. The van der Waals surface area contributed by atoms with Crippen LogP contribution in [0.2, 0.25) is 0 Å². The fourth-order valence-electron chi connectivity index (χ4n) is 3.70. The molecule has 0 saturated heterocycles. The van der Waals surface area contributed by atoms with E-state index in [4.69, 9.17) is 9.73 Å². The van der Waals surface area contributed by atoms with Gasteiger partial charge in [-0.05, 0) is 83.7 Å². The zero-order valence-corrected chi connectivity index (χ0v) is 28.4. The Kier molecular flexibility index (Phi) is 19.5. The molecule has 0 radical (unpaired) electrons. The Hall–Kier alpha value is -2.85. The summed E-state index contributed by atoms with van der Waals surface area (Å²) in [6, 6.07) is 6.14. The Labute approximate surface area is 255 Å². The monoisotopic (exact) mass is 607 g/mol. The van der Waals surface area contributed by atoms with Crippen LogP contribution in [-0.4, -0.2) is 49.4 Å². The Morgan fingerprint density at radius 2 is 1.88 bits per heavy atom. The largest absolute Gasteiger partial charge is 0.382 e. The molecule has 3 unspecified atom stereocenters.